The molecule has 1 saturated carbocycles. The van der Waals surface area contributed by atoms with Gasteiger partial charge in [0, 0.05) is 17.5 Å². The zero-order chi connectivity index (χ0) is 15.7. The van der Waals surface area contributed by atoms with E-state index in [-0.39, 0.29) is 0 Å². The van der Waals surface area contributed by atoms with Crippen molar-refractivity contribution in [3.63, 3.8) is 0 Å². The number of ether oxygens (including phenoxy) is 2. The fourth-order valence-corrected chi connectivity index (χ4v) is 2.82. The molecule has 118 valence electrons. The molecule has 2 aromatic rings. The average molecular weight is 302 g/mol. The van der Waals surface area contributed by atoms with Crippen LogP contribution in [0.1, 0.15) is 26.2 Å². The molecule has 3 rings (SSSR count). The Bertz CT molecular complexity index is 689. The van der Waals surface area contributed by atoms with Crippen molar-refractivity contribution in [2.45, 2.75) is 32.2 Å². The Labute approximate surface area is 130 Å². The monoisotopic (exact) mass is 302 g/mol. The first-order valence-electron chi connectivity index (χ1n) is 7.62. The molecule has 2 unspecified atom stereocenters. The first-order valence-corrected chi connectivity index (χ1v) is 7.62. The van der Waals surface area contributed by atoms with Crippen LogP contribution in [0, 0.1) is 5.92 Å². The molecule has 0 bridgehead atoms. The third-order valence-electron chi connectivity index (χ3n) is 4.13. The van der Waals surface area contributed by atoms with Crippen LogP contribution in [-0.4, -0.2) is 30.2 Å². The second kappa shape index (κ2) is 5.87. The molecule has 1 aromatic heterocycles. The minimum atomic E-state index is 0.446. The number of rotatable bonds is 6. The summed E-state index contributed by atoms with van der Waals surface area (Å²) in [5, 5.41) is 4.14. The van der Waals surface area contributed by atoms with Crippen LogP contribution in [0.4, 0.5) is 11.8 Å². The van der Waals surface area contributed by atoms with Crippen molar-refractivity contribution >= 4 is 22.7 Å². The molecular weight excluding hydrogens is 280 g/mol. The fraction of sp³-hybridized carbons (Fsp3) is 0.500. The summed E-state index contributed by atoms with van der Waals surface area (Å²) >= 11 is 0. The van der Waals surface area contributed by atoms with E-state index < -0.39 is 0 Å². The van der Waals surface area contributed by atoms with Gasteiger partial charge in [0.15, 0.2) is 11.5 Å². The van der Waals surface area contributed by atoms with Crippen LogP contribution in [0.2, 0.25) is 0 Å². The summed E-state index contributed by atoms with van der Waals surface area (Å²) in [5.74, 6) is 3.02. The summed E-state index contributed by atoms with van der Waals surface area (Å²) in [7, 11) is 3.20. The zero-order valence-corrected chi connectivity index (χ0v) is 13.2. The van der Waals surface area contributed by atoms with E-state index in [0.29, 0.717) is 29.3 Å². The molecule has 2 atom stereocenters. The number of benzene rings is 1. The number of anilines is 2. The maximum atomic E-state index is 6.07. The largest absolute Gasteiger partial charge is 0.493 e. The Morgan fingerprint density at radius 1 is 1.23 bits per heavy atom. The fourth-order valence-electron chi connectivity index (χ4n) is 2.82. The molecule has 1 heterocycles. The van der Waals surface area contributed by atoms with E-state index in [0.717, 1.165) is 16.8 Å². The Morgan fingerprint density at radius 3 is 2.64 bits per heavy atom. The molecule has 6 heteroatoms. The van der Waals surface area contributed by atoms with E-state index >= 15 is 0 Å². The van der Waals surface area contributed by atoms with Gasteiger partial charge in [0.1, 0.15) is 5.82 Å². The van der Waals surface area contributed by atoms with Gasteiger partial charge in [-0.2, -0.15) is 4.98 Å². The van der Waals surface area contributed by atoms with Gasteiger partial charge in [-0.25, -0.2) is 4.98 Å². The second-order valence-corrected chi connectivity index (χ2v) is 5.69. The first kappa shape index (κ1) is 14.7. The summed E-state index contributed by atoms with van der Waals surface area (Å²) in [5.41, 5.74) is 6.82. The smallest absolute Gasteiger partial charge is 0.225 e. The van der Waals surface area contributed by atoms with Gasteiger partial charge in [0.25, 0.3) is 0 Å². The van der Waals surface area contributed by atoms with Crippen molar-refractivity contribution in [1.82, 2.24) is 9.97 Å². The van der Waals surface area contributed by atoms with Crippen LogP contribution >= 0.6 is 0 Å². The molecule has 22 heavy (non-hydrogen) atoms. The Kier molecular flexibility index (Phi) is 3.92. The van der Waals surface area contributed by atoms with Crippen LogP contribution in [-0.2, 0) is 0 Å². The summed E-state index contributed by atoms with van der Waals surface area (Å²) in [4.78, 5) is 8.92. The number of nitrogen functional groups attached to an aromatic ring is 1. The topological polar surface area (TPSA) is 82.3 Å². The molecule has 3 N–H and O–H groups in total. The van der Waals surface area contributed by atoms with Crippen molar-refractivity contribution in [2.75, 3.05) is 25.3 Å². The highest BCUT2D eigenvalue weighted by Gasteiger charge is 2.36. The van der Waals surface area contributed by atoms with Crippen molar-refractivity contribution in [3.05, 3.63) is 12.1 Å². The second-order valence-electron chi connectivity index (χ2n) is 5.69. The molecule has 0 aliphatic heterocycles. The minimum Gasteiger partial charge on any atom is -0.493 e. The third kappa shape index (κ3) is 2.73. The van der Waals surface area contributed by atoms with Gasteiger partial charge in [-0.3, -0.25) is 0 Å². The summed E-state index contributed by atoms with van der Waals surface area (Å²) in [6.45, 7) is 2.21. The Morgan fingerprint density at radius 2 is 1.95 bits per heavy atom. The lowest BCUT2D eigenvalue weighted by Crippen LogP contribution is -2.09. The van der Waals surface area contributed by atoms with E-state index in [2.05, 4.69) is 22.2 Å². The Hall–Kier alpha value is -2.24. The maximum absolute atomic E-state index is 6.07. The van der Waals surface area contributed by atoms with Gasteiger partial charge < -0.3 is 20.5 Å². The number of methoxy groups -OCH3 is 2. The number of nitrogens with two attached hydrogens (primary N) is 1. The quantitative estimate of drug-likeness (QED) is 0.854. The molecule has 1 aliphatic rings. The highest BCUT2D eigenvalue weighted by molar-refractivity contribution is 5.91. The van der Waals surface area contributed by atoms with E-state index in [4.69, 9.17) is 15.2 Å². The number of hydrogen-bond donors (Lipinski definition) is 2. The van der Waals surface area contributed by atoms with E-state index in [1.54, 1.807) is 14.2 Å². The number of nitrogens with one attached hydrogen (secondary N) is 1. The first-order chi connectivity index (χ1) is 10.7. The number of hydrogen-bond acceptors (Lipinski definition) is 6. The van der Waals surface area contributed by atoms with E-state index in [9.17, 15) is 0 Å². The van der Waals surface area contributed by atoms with Gasteiger partial charge in [-0.1, -0.05) is 13.3 Å². The number of aromatic nitrogens is 2. The van der Waals surface area contributed by atoms with Gasteiger partial charge in [0.2, 0.25) is 5.95 Å². The molecular formula is C16H22N4O2. The summed E-state index contributed by atoms with van der Waals surface area (Å²) < 4.78 is 10.6. The van der Waals surface area contributed by atoms with Gasteiger partial charge in [0.05, 0.1) is 19.7 Å². The summed E-state index contributed by atoms with van der Waals surface area (Å²) in [6.07, 6.45) is 3.63. The van der Waals surface area contributed by atoms with Crippen molar-refractivity contribution in [2.24, 2.45) is 5.92 Å². The minimum absolute atomic E-state index is 0.446. The third-order valence-corrected chi connectivity index (χ3v) is 4.13. The molecule has 1 fully saturated rings. The highest BCUT2D eigenvalue weighted by Crippen LogP contribution is 2.38. The van der Waals surface area contributed by atoms with Crippen LogP contribution in [0.15, 0.2) is 12.1 Å². The van der Waals surface area contributed by atoms with Crippen LogP contribution in [0.25, 0.3) is 10.9 Å². The predicted molar refractivity (Wildman–Crippen MR) is 87.5 cm³/mol. The van der Waals surface area contributed by atoms with Crippen LogP contribution in [0.3, 0.4) is 0 Å². The zero-order valence-electron chi connectivity index (χ0n) is 13.2. The van der Waals surface area contributed by atoms with Gasteiger partial charge in [-0.05, 0) is 24.8 Å². The molecule has 6 nitrogen and oxygen atoms in total. The average Bonchev–Trinajstić information content (AvgIpc) is 3.24. The lowest BCUT2D eigenvalue weighted by atomic mass is 10.2. The van der Waals surface area contributed by atoms with E-state index in [1.807, 2.05) is 12.1 Å². The molecule has 1 aliphatic carbocycles. The van der Waals surface area contributed by atoms with E-state index in [1.165, 1.54) is 19.3 Å². The highest BCUT2D eigenvalue weighted by atomic mass is 16.5. The molecule has 0 saturated heterocycles. The number of nitrogens with zero attached hydrogens (tertiary/aromatic N) is 2. The van der Waals surface area contributed by atoms with Crippen LogP contribution in [0.5, 0.6) is 11.5 Å². The standard InChI is InChI=1S/C16H22N4O2/c1-4-5-9-6-11(9)18-16-19-12-8-14(22-3)13(21-2)7-10(12)15(17)20-16/h7-9,11H,4-6H2,1-3H3,(H3,17,18,19,20). The normalized spacial score (nSPS) is 20.0. The van der Waals surface area contributed by atoms with Gasteiger partial charge >= 0.3 is 0 Å². The van der Waals surface area contributed by atoms with Gasteiger partial charge in [-0.15, -0.1) is 0 Å². The SMILES string of the molecule is CCCC1CC1Nc1nc(N)c2cc(OC)c(OC)cc2n1. The molecule has 0 radical (unpaired) electrons. The van der Waals surface area contributed by atoms with Crippen molar-refractivity contribution in [3.8, 4) is 11.5 Å². The van der Waals surface area contributed by atoms with Crippen LogP contribution < -0.4 is 20.5 Å². The molecule has 1 aromatic carbocycles. The Balaban J connectivity index is 1.90. The summed E-state index contributed by atoms with van der Waals surface area (Å²) in [6, 6.07) is 4.11. The molecule has 0 spiro atoms. The van der Waals surface area contributed by atoms with Crippen molar-refractivity contribution in [1.29, 1.82) is 0 Å². The maximum Gasteiger partial charge on any atom is 0.225 e. The number of fused-ring (bicyclic) bond motifs is 1. The van der Waals surface area contributed by atoms with Crippen molar-refractivity contribution < 1.29 is 9.47 Å². The lowest BCUT2D eigenvalue weighted by Gasteiger charge is -2.11. The predicted octanol–water partition coefficient (Wildman–Crippen LogP) is 2.83. The lowest BCUT2D eigenvalue weighted by molar-refractivity contribution is 0.356. The molecule has 0 amide bonds.